The zero-order valence-corrected chi connectivity index (χ0v) is 19.1. The molecule has 29 heavy (non-hydrogen) atoms. The maximum atomic E-state index is 5.09. The lowest BCUT2D eigenvalue weighted by atomic mass is 10.0. The fourth-order valence-electron chi connectivity index (χ4n) is 3.32. The van der Waals surface area contributed by atoms with E-state index in [0.29, 0.717) is 0 Å². The number of rotatable bonds is 8. The van der Waals surface area contributed by atoms with Crippen molar-refractivity contribution in [2.75, 3.05) is 20.7 Å². The summed E-state index contributed by atoms with van der Waals surface area (Å²) >= 11 is 0. The molecule has 158 valence electrons. The predicted octanol–water partition coefficient (Wildman–Crippen LogP) is 6.91. The van der Waals surface area contributed by atoms with Crippen LogP contribution >= 0.6 is 0 Å². The number of nitrogens with one attached hydrogen (secondary N) is 1. The zero-order valence-electron chi connectivity index (χ0n) is 19.1. The summed E-state index contributed by atoms with van der Waals surface area (Å²) in [7, 11) is 3.61. The molecule has 1 N–H and O–H groups in total. The van der Waals surface area contributed by atoms with Gasteiger partial charge in [0.15, 0.2) is 0 Å². The highest BCUT2D eigenvalue weighted by atomic mass is 16.6. The fourth-order valence-corrected chi connectivity index (χ4v) is 3.32. The minimum absolute atomic E-state index is 0.926. The van der Waals surface area contributed by atoms with Gasteiger partial charge in [0.05, 0.1) is 0 Å². The van der Waals surface area contributed by atoms with E-state index in [-0.39, 0.29) is 0 Å². The number of nitrogens with zero attached hydrogens (tertiary/aromatic N) is 1. The van der Waals surface area contributed by atoms with Crippen molar-refractivity contribution >= 4 is 11.8 Å². The molecule has 1 aliphatic carbocycles. The van der Waals surface area contributed by atoms with Crippen molar-refractivity contribution < 1.29 is 4.84 Å². The number of hydrogen-bond acceptors (Lipinski definition) is 3. The molecule has 3 rings (SSSR count). The molecular formula is C26H38N2O. The second kappa shape index (κ2) is 14.6. The Morgan fingerprint density at radius 3 is 2.24 bits per heavy atom. The predicted molar refractivity (Wildman–Crippen MR) is 129 cm³/mol. The van der Waals surface area contributed by atoms with Crippen molar-refractivity contribution in [2.45, 2.75) is 53.4 Å². The van der Waals surface area contributed by atoms with E-state index in [0.717, 1.165) is 29.8 Å². The lowest BCUT2D eigenvalue weighted by Gasteiger charge is -2.03. The normalized spacial score (nSPS) is 12.6. The molecule has 2 aromatic rings. The van der Waals surface area contributed by atoms with E-state index >= 15 is 0 Å². The SMILES string of the molecule is CC.CC.CNCCCCC/C=C/c1ccc2c(c1)/C(=N/OC)c1ccccc1-2. The van der Waals surface area contributed by atoms with Crippen LogP contribution in [0, 0.1) is 0 Å². The van der Waals surface area contributed by atoms with Gasteiger partial charge < -0.3 is 10.2 Å². The number of fused-ring (bicyclic) bond motifs is 3. The third kappa shape index (κ3) is 6.86. The molecule has 0 heterocycles. The first-order chi connectivity index (χ1) is 14.3. The van der Waals surface area contributed by atoms with Crippen LogP contribution in [0.2, 0.25) is 0 Å². The molecule has 0 saturated heterocycles. The van der Waals surface area contributed by atoms with Gasteiger partial charge in [-0.3, -0.25) is 0 Å². The molecule has 3 heteroatoms. The Morgan fingerprint density at radius 2 is 1.55 bits per heavy atom. The van der Waals surface area contributed by atoms with Gasteiger partial charge >= 0.3 is 0 Å². The maximum absolute atomic E-state index is 5.09. The summed E-state index contributed by atoms with van der Waals surface area (Å²) in [6, 6.07) is 15.0. The van der Waals surface area contributed by atoms with Gasteiger partial charge in [0.2, 0.25) is 0 Å². The molecule has 0 bridgehead atoms. The van der Waals surface area contributed by atoms with Gasteiger partial charge in [-0.1, -0.05) is 87.8 Å². The summed E-state index contributed by atoms with van der Waals surface area (Å²) in [6.45, 7) is 9.11. The van der Waals surface area contributed by atoms with E-state index in [1.807, 2.05) is 40.8 Å². The molecule has 0 saturated carbocycles. The van der Waals surface area contributed by atoms with Gasteiger partial charge in [-0.25, -0.2) is 0 Å². The molecule has 2 aromatic carbocycles. The third-order valence-electron chi connectivity index (χ3n) is 4.56. The van der Waals surface area contributed by atoms with Crippen molar-refractivity contribution in [1.29, 1.82) is 0 Å². The Hall–Kier alpha value is -2.39. The van der Waals surface area contributed by atoms with E-state index in [4.69, 9.17) is 4.84 Å². The van der Waals surface area contributed by atoms with Crippen LogP contribution in [-0.2, 0) is 4.84 Å². The third-order valence-corrected chi connectivity index (χ3v) is 4.56. The van der Waals surface area contributed by atoms with Crippen LogP contribution < -0.4 is 5.32 Å². The Kier molecular flexibility index (Phi) is 12.4. The van der Waals surface area contributed by atoms with Crippen molar-refractivity contribution in [2.24, 2.45) is 5.16 Å². The topological polar surface area (TPSA) is 33.6 Å². The summed E-state index contributed by atoms with van der Waals surface area (Å²) in [4.78, 5) is 5.09. The summed E-state index contributed by atoms with van der Waals surface area (Å²) in [5.74, 6) is 0. The van der Waals surface area contributed by atoms with Gasteiger partial charge in [0.1, 0.15) is 12.8 Å². The number of allylic oxidation sites excluding steroid dienone is 1. The molecule has 1 aliphatic rings. The van der Waals surface area contributed by atoms with E-state index < -0.39 is 0 Å². The molecule has 0 amide bonds. The first kappa shape index (κ1) is 24.6. The maximum Gasteiger partial charge on any atom is 0.118 e. The fraction of sp³-hybridized carbons (Fsp3) is 0.423. The lowest BCUT2D eigenvalue weighted by molar-refractivity contribution is 0.214. The molecule has 0 atom stereocenters. The Morgan fingerprint density at radius 1 is 0.862 bits per heavy atom. The van der Waals surface area contributed by atoms with Crippen LogP contribution in [0.15, 0.2) is 53.7 Å². The van der Waals surface area contributed by atoms with Crippen molar-refractivity contribution in [1.82, 2.24) is 5.32 Å². The molecular weight excluding hydrogens is 356 g/mol. The smallest absolute Gasteiger partial charge is 0.118 e. The van der Waals surface area contributed by atoms with Crippen molar-refractivity contribution in [3.8, 4) is 11.1 Å². The van der Waals surface area contributed by atoms with E-state index in [9.17, 15) is 0 Å². The van der Waals surface area contributed by atoms with E-state index in [1.165, 1.54) is 36.0 Å². The van der Waals surface area contributed by atoms with Gasteiger partial charge in [-0.05, 0) is 55.6 Å². The molecule has 0 radical (unpaired) electrons. The molecule has 0 unspecified atom stereocenters. The molecule has 0 aromatic heterocycles. The van der Waals surface area contributed by atoms with Crippen LogP contribution in [0.1, 0.15) is 70.1 Å². The Labute approximate surface area is 177 Å². The number of oxime groups is 1. The zero-order chi connectivity index (χ0) is 21.5. The second-order valence-corrected chi connectivity index (χ2v) is 6.33. The lowest BCUT2D eigenvalue weighted by Crippen LogP contribution is -2.06. The van der Waals surface area contributed by atoms with Crippen LogP contribution in [0.3, 0.4) is 0 Å². The first-order valence-electron chi connectivity index (χ1n) is 11.0. The van der Waals surface area contributed by atoms with Crippen molar-refractivity contribution in [3.63, 3.8) is 0 Å². The van der Waals surface area contributed by atoms with E-state index in [2.05, 4.69) is 59.0 Å². The second-order valence-electron chi connectivity index (χ2n) is 6.33. The van der Waals surface area contributed by atoms with E-state index in [1.54, 1.807) is 7.11 Å². The minimum atomic E-state index is 0.926. The highest BCUT2D eigenvalue weighted by molar-refractivity contribution is 6.24. The van der Waals surface area contributed by atoms with Gasteiger partial charge in [-0.15, -0.1) is 0 Å². The molecule has 3 nitrogen and oxygen atoms in total. The minimum Gasteiger partial charge on any atom is -0.399 e. The van der Waals surface area contributed by atoms with Crippen molar-refractivity contribution in [3.05, 3.63) is 65.2 Å². The Bertz CT molecular complexity index is 778. The average molecular weight is 395 g/mol. The first-order valence-corrected chi connectivity index (χ1v) is 11.0. The molecule has 0 aliphatic heterocycles. The number of hydrogen-bond donors (Lipinski definition) is 1. The molecule has 0 spiro atoms. The average Bonchev–Trinajstić information content (AvgIpc) is 3.09. The summed E-state index contributed by atoms with van der Waals surface area (Å²) in [5, 5.41) is 7.46. The van der Waals surface area contributed by atoms with Gasteiger partial charge in [0, 0.05) is 11.1 Å². The highest BCUT2D eigenvalue weighted by Crippen LogP contribution is 2.37. The number of unbranched alkanes of at least 4 members (excludes halogenated alkanes) is 3. The number of benzene rings is 2. The summed E-state index contributed by atoms with van der Waals surface area (Å²) in [6.07, 6.45) is 9.38. The largest absolute Gasteiger partial charge is 0.399 e. The Balaban J connectivity index is 0.000000989. The van der Waals surface area contributed by atoms with Crippen LogP contribution in [0.25, 0.3) is 17.2 Å². The van der Waals surface area contributed by atoms with Gasteiger partial charge in [0.25, 0.3) is 0 Å². The van der Waals surface area contributed by atoms with Gasteiger partial charge in [-0.2, -0.15) is 0 Å². The summed E-state index contributed by atoms with van der Waals surface area (Å²) in [5.41, 5.74) is 6.90. The van der Waals surface area contributed by atoms with Crippen LogP contribution in [0.5, 0.6) is 0 Å². The van der Waals surface area contributed by atoms with Crippen LogP contribution in [0.4, 0.5) is 0 Å². The molecule has 0 fully saturated rings. The summed E-state index contributed by atoms with van der Waals surface area (Å²) < 4.78 is 0. The standard InChI is InChI=1S/C22H26N2O.2C2H6/c1-23-15-9-5-3-4-6-10-17-13-14-19-18-11-7-8-12-20(18)22(24-25-2)21(19)16-17;2*1-2/h6-8,10-14,16,23H,3-5,9,15H2,1-2H3;2*1-2H3/b10-6+,24-22+;;. The monoisotopic (exact) mass is 394 g/mol. The highest BCUT2D eigenvalue weighted by Gasteiger charge is 2.25. The quantitative estimate of drug-likeness (QED) is 0.332. The van der Waals surface area contributed by atoms with Crippen LogP contribution in [-0.4, -0.2) is 26.4 Å².